The van der Waals surface area contributed by atoms with Crippen molar-refractivity contribution >= 4 is 10.0 Å². The lowest BCUT2D eigenvalue weighted by Crippen LogP contribution is -2.43. The molecule has 1 aliphatic heterocycles. The Morgan fingerprint density at radius 2 is 1.82 bits per heavy atom. The van der Waals surface area contributed by atoms with E-state index in [1.54, 1.807) is 13.8 Å². The van der Waals surface area contributed by atoms with Gasteiger partial charge in [0.2, 0.25) is 10.0 Å². The van der Waals surface area contributed by atoms with Crippen LogP contribution in [0.15, 0.2) is 54.6 Å². The van der Waals surface area contributed by atoms with Crippen molar-refractivity contribution in [2.24, 2.45) is 0 Å². The molecule has 2 aromatic rings. The number of benzene rings is 2. The molecule has 0 radical (unpaired) electrons. The highest BCUT2D eigenvalue weighted by atomic mass is 32.2. The molecule has 156 valence electrons. The zero-order valence-corrected chi connectivity index (χ0v) is 17.7. The van der Waals surface area contributed by atoms with E-state index in [0.717, 1.165) is 30.8 Å². The van der Waals surface area contributed by atoms with E-state index in [1.165, 1.54) is 5.56 Å². The summed E-state index contributed by atoms with van der Waals surface area (Å²) in [5, 5.41) is -0.366. The lowest BCUT2D eigenvalue weighted by Gasteiger charge is -2.23. The van der Waals surface area contributed by atoms with E-state index in [9.17, 15) is 8.42 Å². The third-order valence-corrected chi connectivity index (χ3v) is 6.29. The second-order valence-corrected chi connectivity index (χ2v) is 9.19. The normalized spacial score (nSPS) is 16.9. The van der Waals surface area contributed by atoms with Crippen molar-refractivity contribution in [2.75, 3.05) is 19.8 Å². The van der Waals surface area contributed by atoms with E-state index in [0.29, 0.717) is 13.2 Å². The van der Waals surface area contributed by atoms with Gasteiger partial charge in [0.15, 0.2) is 0 Å². The maximum Gasteiger partial charge on any atom is 0.214 e. The molecule has 1 heterocycles. The maximum absolute atomic E-state index is 11.4. The van der Waals surface area contributed by atoms with Gasteiger partial charge in [-0.1, -0.05) is 48.5 Å². The second kappa shape index (κ2) is 11.2. The van der Waals surface area contributed by atoms with Crippen molar-refractivity contribution in [3.63, 3.8) is 0 Å². The van der Waals surface area contributed by atoms with Gasteiger partial charge in [-0.15, -0.1) is 0 Å². The van der Waals surface area contributed by atoms with E-state index in [2.05, 4.69) is 22.9 Å². The third-order valence-electron chi connectivity index (χ3n) is 4.38. The van der Waals surface area contributed by atoms with Crippen molar-refractivity contribution in [3.8, 4) is 16.9 Å². The van der Waals surface area contributed by atoms with E-state index in [4.69, 9.17) is 9.47 Å². The minimum absolute atomic E-state index is 0. The van der Waals surface area contributed by atoms with Crippen molar-refractivity contribution in [3.05, 3.63) is 54.6 Å². The van der Waals surface area contributed by atoms with Crippen molar-refractivity contribution < 1.29 is 19.3 Å². The van der Waals surface area contributed by atoms with Crippen LogP contribution in [0, 0.1) is 0 Å². The van der Waals surface area contributed by atoms with Crippen molar-refractivity contribution in [1.82, 2.24) is 4.72 Å². The first kappa shape index (κ1) is 22.4. The Bertz CT molecular complexity index is 807. The van der Waals surface area contributed by atoms with Gasteiger partial charge in [-0.2, -0.15) is 0 Å². The van der Waals surface area contributed by atoms with Crippen LogP contribution < -0.4 is 9.46 Å². The lowest BCUT2D eigenvalue weighted by molar-refractivity contribution is 0.0773. The highest BCUT2D eigenvalue weighted by Gasteiger charge is 2.22. The number of para-hydroxylation sites is 1. The van der Waals surface area contributed by atoms with Gasteiger partial charge in [0.1, 0.15) is 5.75 Å². The zero-order chi connectivity index (χ0) is 20.4. The Morgan fingerprint density at radius 3 is 2.43 bits per heavy atom. The number of nitrogens with one attached hydrogen (secondary N) is 1. The molecule has 0 unspecified atom stereocenters. The van der Waals surface area contributed by atoms with Gasteiger partial charge in [0.05, 0.1) is 18.5 Å². The Morgan fingerprint density at radius 1 is 1.14 bits per heavy atom. The van der Waals surface area contributed by atoms with Crippen LogP contribution >= 0.6 is 0 Å². The van der Waals surface area contributed by atoms with Crippen LogP contribution in [0.1, 0.15) is 35.0 Å². The molecule has 28 heavy (non-hydrogen) atoms. The zero-order valence-electron chi connectivity index (χ0n) is 16.9. The van der Waals surface area contributed by atoms with E-state index < -0.39 is 10.0 Å². The summed E-state index contributed by atoms with van der Waals surface area (Å²) in [6.07, 6.45) is 1.82. The van der Waals surface area contributed by atoms with Crippen LogP contribution in [0.4, 0.5) is 0 Å². The van der Waals surface area contributed by atoms with Crippen LogP contribution in [0.5, 0.6) is 5.75 Å². The van der Waals surface area contributed by atoms with Gasteiger partial charge in [0.25, 0.3) is 0 Å². The SMILES string of the molecule is CC(C)S(=O)(=O)N[C@@H]1CCCOC1.CCOc1ccccc1-c1ccccc1.[HH]. The molecule has 0 aromatic heterocycles. The minimum atomic E-state index is -3.13. The van der Waals surface area contributed by atoms with Crippen molar-refractivity contribution in [2.45, 2.75) is 44.9 Å². The summed E-state index contributed by atoms with van der Waals surface area (Å²) in [5.74, 6) is 0.950. The molecule has 1 N–H and O–H groups in total. The molecule has 6 heteroatoms. The highest BCUT2D eigenvalue weighted by Crippen LogP contribution is 2.29. The maximum atomic E-state index is 11.4. The quantitative estimate of drug-likeness (QED) is 0.766. The standard InChI is InChI=1S/C14H14O.C8H17NO3S.H2/c1-2-15-14-11-7-6-10-13(14)12-8-4-3-5-9-12;1-7(2)13(10,11)9-8-4-3-5-12-6-8;/h3-11H,2H2,1H3;7-9H,3-6H2,1-2H3;1H/t;8-;/m.1./s1. The summed E-state index contributed by atoms with van der Waals surface area (Å²) in [6, 6.07) is 18.4. The molecule has 1 aliphatic rings. The third kappa shape index (κ3) is 6.93. The summed E-state index contributed by atoms with van der Waals surface area (Å²) in [6.45, 7) is 7.30. The fourth-order valence-corrected chi connectivity index (χ4v) is 3.73. The fourth-order valence-electron chi connectivity index (χ4n) is 2.81. The summed E-state index contributed by atoms with van der Waals surface area (Å²) < 4.78 is 36.3. The first-order valence-electron chi connectivity index (χ1n) is 9.80. The minimum Gasteiger partial charge on any atom is -0.493 e. The molecule has 5 nitrogen and oxygen atoms in total. The van der Waals surface area contributed by atoms with Crippen LogP contribution in [0.3, 0.4) is 0 Å². The molecule has 2 aromatic carbocycles. The van der Waals surface area contributed by atoms with Crippen LogP contribution in [-0.2, 0) is 14.8 Å². The average Bonchev–Trinajstić information content (AvgIpc) is 2.70. The fraction of sp³-hybridized carbons (Fsp3) is 0.455. The lowest BCUT2D eigenvalue weighted by atomic mass is 10.1. The Kier molecular flexibility index (Phi) is 8.96. The molecule has 1 atom stereocenters. The summed E-state index contributed by atoms with van der Waals surface area (Å²) in [7, 11) is -3.13. The monoisotopic (exact) mass is 407 g/mol. The van der Waals surface area contributed by atoms with Crippen LogP contribution in [0.25, 0.3) is 11.1 Å². The van der Waals surface area contributed by atoms with Gasteiger partial charge in [-0.3, -0.25) is 0 Å². The molecular weight excluding hydrogens is 374 g/mol. The van der Waals surface area contributed by atoms with Gasteiger partial charge in [-0.25, -0.2) is 13.1 Å². The molecule has 1 fully saturated rings. The van der Waals surface area contributed by atoms with Gasteiger partial charge < -0.3 is 9.47 Å². The van der Waals surface area contributed by atoms with E-state index >= 15 is 0 Å². The van der Waals surface area contributed by atoms with Gasteiger partial charge >= 0.3 is 0 Å². The number of hydrogen-bond acceptors (Lipinski definition) is 4. The number of ether oxygens (including phenoxy) is 2. The average molecular weight is 408 g/mol. The molecule has 0 amide bonds. The summed E-state index contributed by atoms with van der Waals surface area (Å²) >= 11 is 0. The predicted molar refractivity (Wildman–Crippen MR) is 116 cm³/mol. The molecule has 1 saturated heterocycles. The Balaban J connectivity index is 0.000000284. The van der Waals surface area contributed by atoms with Crippen molar-refractivity contribution in [1.29, 1.82) is 0 Å². The molecule has 0 saturated carbocycles. The van der Waals surface area contributed by atoms with E-state index in [1.807, 2.05) is 43.3 Å². The molecule has 0 aliphatic carbocycles. The van der Waals surface area contributed by atoms with Crippen LogP contribution in [-0.4, -0.2) is 39.5 Å². The Labute approximate surface area is 170 Å². The van der Waals surface area contributed by atoms with Gasteiger partial charge in [0, 0.05) is 19.6 Å². The molecular formula is C22H33NO4S. The number of hydrogen-bond donors (Lipinski definition) is 1. The predicted octanol–water partition coefficient (Wildman–Crippen LogP) is 4.49. The molecule has 0 bridgehead atoms. The highest BCUT2D eigenvalue weighted by molar-refractivity contribution is 7.90. The smallest absolute Gasteiger partial charge is 0.214 e. The van der Waals surface area contributed by atoms with E-state index in [-0.39, 0.29) is 12.7 Å². The van der Waals surface area contributed by atoms with Crippen LogP contribution in [0.2, 0.25) is 0 Å². The topological polar surface area (TPSA) is 64.6 Å². The largest absolute Gasteiger partial charge is 0.493 e. The number of rotatable bonds is 6. The second-order valence-electron chi connectivity index (χ2n) is 6.92. The first-order chi connectivity index (χ1) is 13.4. The Hall–Kier alpha value is -1.89. The summed E-state index contributed by atoms with van der Waals surface area (Å²) in [4.78, 5) is 0. The summed E-state index contributed by atoms with van der Waals surface area (Å²) in [5.41, 5.74) is 2.35. The molecule has 0 spiro atoms. The molecule has 3 rings (SSSR count). The van der Waals surface area contributed by atoms with Gasteiger partial charge in [-0.05, 0) is 45.2 Å². The number of sulfonamides is 1. The first-order valence-corrected chi connectivity index (χ1v) is 11.3.